The Morgan fingerprint density at radius 1 is 1.71 bits per heavy atom. The highest BCUT2D eigenvalue weighted by atomic mass is 19.4. The average molecular weight is 213 g/mol. The molecule has 0 aromatic heterocycles. The van der Waals surface area contributed by atoms with Crippen LogP contribution in [0.25, 0.3) is 0 Å². The van der Waals surface area contributed by atoms with Crippen LogP contribution in [0.2, 0.25) is 0 Å². The minimum Gasteiger partial charge on any atom is -0.355 e. The van der Waals surface area contributed by atoms with Gasteiger partial charge in [-0.2, -0.15) is 13.2 Å². The summed E-state index contributed by atoms with van der Waals surface area (Å²) in [7, 11) is 0.988. The van der Waals surface area contributed by atoms with Gasteiger partial charge in [-0.3, -0.25) is 10.0 Å². The lowest BCUT2D eigenvalue weighted by atomic mass is 10.3. The van der Waals surface area contributed by atoms with Gasteiger partial charge < -0.3 is 4.74 Å². The summed E-state index contributed by atoms with van der Waals surface area (Å²) in [6.07, 6.45) is -6.27. The summed E-state index contributed by atoms with van der Waals surface area (Å²) in [6, 6.07) is 0. The number of carbonyl (C=O) groups is 1. The molecule has 0 saturated heterocycles. The second-order valence-electron chi connectivity index (χ2n) is 2.43. The van der Waals surface area contributed by atoms with E-state index in [1.165, 1.54) is 0 Å². The Kier molecular flexibility index (Phi) is 4.58. The van der Waals surface area contributed by atoms with Crippen molar-refractivity contribution in [1.29, 1.82) is 0 Å². The second-order valence-corrected chi connectivity index (χ2v) is 2.43. The minimum atomic E-state index is -4.60. The highest BCUT2D eigenvalue weighted by molar-refractivity contribution is 5.75. The SMILES string of the molecule is C=CC(OCC(=O)N(C)O)C(F)(F)F. The molecule has 0 aromatic carbocycles. The van der Waals surface area contributed by atoms with Crippen molar-refractivity contribution in [1.82, 2.24) is 5.06 Å². The fourth-order valence-electron chi connectivity index (χ4n) is 0.551. The fraction of sp³-hybridized carbons (Fsp3) is 0.571. The number of hydroxylamine groups is 2. The number of alkyl halides is 3. The Morgan fingerprint density at radius 2 is 2.21 bits per heavy atom. The van der Waals surface area contributed by atoms with Gasteiger partial charge >= 0.3 is 6.18 Å². The highest BCUT2D eigenvalue weighted by Gasteiger charge is 2.38. The number of hydrogen-bond acceptors (Lipinski definition) is 3. The third kappa shape index (κ3) is 4.24. The summed E-state index contributed by atoms with van der Waals surface area (Å²) in [6.45, 7) is 2.06. The third-order valence-electron chi connectivity index (χ3n) is 1.28. The maximum Gasteiger partial charge on any atom is 0.418 e. The molecular formula is C7H10F3NO3. The molecule has 0 aromatic rings. The molecule has 14 heavy (non-hydrogen) atoms. The van der Waals surface area contributed by atoms with Gasteiger partial charge in [0.1, 0.15) is 6.61 Å². The van der Waals surface area contributed by atoms with Crippen LogP contribution in [0.3, 0.4) is 0 Å². The number of likely N-dealkylation sites (N-methyl/N-ethyl adjacent to an activating group) is 1. The summed E-state index contributed by atoms with van der Waals surface area (Å²) in [5.41, 5.74) is 0. The normalized spacial score (nSPS) is 13.5. The molecule has 0 aliphatic heterocycles. The van der Waals surface area contributed by atoms with Crippen LogP contribution in [0.5, 0.6) is 0 Å². The Labute approximate surface area is 78.5 Å². The van der Waals surface area contributed by atoms with Crippen LogP contribution in [0.15, 0.2) is 12.7 Å². The van der Waals surface area contributed by atoms with E-state index in [1.54, 1.807) is 0 Å². The number of halogens is 3. The summed E-state index contributed by atoms with van der Waals surface area (Å²) in [5.74, 6) is -0.971. The van der Waals surface area contributed by atoms with E-state index in [0.717, 1.165) is 7.05 Å². The third-order valence-corrected chi connectivity index (χ3v) is 1.28. The molecule has 82 valence electrons. The van der Waals surface area contributed by atoms with Crippen LogP contribution in [-0.2, 0) is 9.53 Å². The first-order chi connectivity index (χ1) is 6.29. The molecule has 0 fully saturated rings. The average Bonchev–Trinajstić information content (AvgIpc) is 2.02. The number of carbonyl (C=O) groups excluding carboxylic acids is 1. The van der Waals surface area contributed by atoms with E-state index in [4.69, 9.17) is 5.21 Å². The topological polar surface area (TPSA) is 49.8 Å². The lowest BCUT2D eigenvalue weighted by Crippen LogP contribution is -2.34. The zero-order valence-corrected chi connectivity index (χ0v) is 7.41. The first-order valence-corrected chi connectivity index (χ1v) is 3.55. The molecule has 0 saturated carbocycles. The van der Waals surface area contributed by atoms with Crippen LogP contribution in [0.1, 0.15) is 0 Å². The van der Waals surface area contributed by atoms with Crippen molar-refractivity contribution in [3.8, 4) is 0 Å². The highest BCUT2D eigenvalue weighted by Crippen LogP contribution is 2.23. The van der Waals surface area contributed by atoms with Crippen LogP contribution in [0.4, 0.5) is 13.2 Å². The predicted molar refractivity (Wildman–Crippen MR) is 40.5 cm³/mol. The van der Waals surface area contributed by atoms with E-state index >= 15 is 0 Å². The maximum atomic E-state index is 12.0. The molecule has 0 heterocycles. The van der Waals surface area contributed by atoms with Crippen LogP contribution in [0, 0.1) is 0 Å². The van der Waals surface area contributed by atoms with Gasteiger partial charge in [0.25, 0.3) is 5.91 Å². The Bertz CT molecular complexity index is 215. The lowest BCUT2D eigenvalue weighted by molar-refractivity contribution is -0.209. The van der Waals surface area contributed by atoms with Crippen molar-refractivity contribution in [2.24, 2.45) is 0 Å². The minimum absolute atomic E-state index is 0.149. The fourth-order valence-corrected chi connectivity index (χ4v) is 0.551. The van der Waals surface area contributed by atoms with Crippen LogP contribution >= 0.6 is 0 Å². The molecule has 0 spiro atoms. The molecule has 1 amide bonds. The van der Waals surface area contributed by atoms with Crippen molar-refractivity contribution < 1.29 is 27.9 Å². The summed E-state index contributed by atoms with van der Waals surface area (Å²) in [4.78, 5) is 10.6. The molecule has 0 rings (SSSR count). The molecule has 7 heteroatoms. The molecular weight excluding hydrogens is 203 g/mol. The van der Waals surface area contributed by atoms with E-state index in [-0.39, 0.29) is 5.06 Å². The molecule has 4 nitrogen and oxygen atoms in total. The molecule has 0 radical (unpaired) electrons. The Morgan fingerprint density at radius 3 is 2.50 bits per heavy atom. The van der Waals surface area contributed by atoms with E-state index in [0.29, 0.717) is 6.08 Å². The van der Waals surface area contributed by atoms with Crippen molar-refractivity contribution in [2.45, 2.75) is 12.3 Å². The van der Waals surface area contributed by atoms with Crippen LogP contribution < -0.4 is 0 Å². The van der Waals surface area contributed by atoms with Gasteiger partial charge in [0.15, 0.2) is 6.10 Å². The Hall–Kier alpha value is -1.08. The standard InChI is InChI=1S/C7H10F3NO3/c1-3-5(7(8,9)10)14-4-6(12)11(2)13/h3,5,13H,1,4H2,2H3. The zero-order valence-electron chi connectivity index (χ0n) is 7.41. The van der Waals surface area contributed by atoms with Crippen molar-refractivity contribution in [3.63, 3.8) is 0 Å². The van der Waals surface area contributed by atoms with Gasteiger partial charge in [0, 0.05) is 7.05 Å². The van der Waals surface area contributed by atoms with Crippen molar-refractivity contribution in [2.75, 3.05) is 13.7 Å². The largest absolute Gasteiger partial charge is 0.418 e. The van der Waals surface area contributed by atoms with Gasteiger partial charge in [-0.05, 0) is 0 Å². The summed E-state index contributed by atoms with van der Waals surface area (Å²) < 4.78 is 40.1. The summed E-state index contributed by atoms with van der Waals surface area (Å²) >= 11 is 0. The van der Waals surface area contributed by atoms with E-state index in [2.05, 4.69) is 11.3 Å². The number of ether oxygens (including phenoxy) is 1. The number of amides is 1. The predicted octanol–water partition coefficient (Wildman–Crippen LogP) is 0.968. The number of rotatable bonds is 4. The number of hydrogen-bond donors (Lipinski definition) is 1. The Balaban J connectivity index is 4.10. The van der Waals surface area contributed by atoms with Crippen molar-refractivity contribution >= 4 is 5.91 Å². The maximum absolute atomic E-state index is 12.0. The first-order valence-electron chi connectivity index (χ1n) is 3.55. The van der Waals surface area contributed by atoms with Gasteiger partial charge in [-0.25, -0.2) is 5.06 Å². The first kappa shape index (κ1) is 12.9. The quantitative estimate of drug-likeness (QED) is 0.430. The van der Waals surface area contributed by atoms with E-state index in [1.807, 2.05) is 0 Å². The summed E-state index contributed by atoms with van der Waals surface area (Å²) in [5, 5.41) is 8.66. The van der Waals surface area contributed by atoms with E-state index in [9.17, 15) is 18.0 Å². The number of nitrogens with zero attached hydrogens (tertiary/aromatic N) is 1. The van der Waals surface area contributed by atoms with E-state index < -0.39 is 24.8 Å². The zero-order chi connectivity index (χ0) is 11.4. The molecule has 1 unspecified atom stereocenters. The second kappa shape index (κ2) is 4.97. The van der Waals surface area contributed by atoms with Gasteiger partial charge in [-0.15, -0.1) is 6.58 Å². The van der Waals surface area contributed by atoms with Crippen molar-refractivity contribution in [3.05, 3.63) is 12.7 Å². The molecule has 1 atom stereocenters. The molecule has 0 aliphatic rings. The van der Waals surface area contributed by atoms with Gasteiger partial charge in [0.05, 0.1) is 0 Å². The van der Waals surface area contributed by atoms with Gasteiger partial charge in [-0.1, -0.05) is 6.08 Å². The molecule has 1 N–H and O–H groups in total. The van der Waals surface area contributed by atoms with Gasteiger partial charge in [0.2, 0.25) is 0 Å². The smallest absolute Gasteiger partial charge is 0.355 e. The lowest BCUT2D eigenvalue weighted by Gasteiger charge is -2.17. The monoisotopic (exact) mass is 213 g/mol. The van der Waals surface area contributed by atoms with Crippen LogP contribution in [-0.4, -0.2) is 42.1 Å². The molecule has 0 aliphatic carbocycles. The molecule has 0 bridgehead atoms.